The summed E-state index contributed by atoms with van der Waals surface area (Å²) < 4.78 is 18.7. The second-order valence-corrected chi connectivity index (χ2v) is 5.22. The zero-order valence-corrected chi connectivity index (χ0v) is 12.2. The van der Waals surface area contributed by atoms with Gasteiger partial charge >= 0.3 is 0 Å². The molecule has 1 unspecified atom stereocenters. The van der Waals surface area contributed by atoms with Crippen molar-refractivity contribution in [2.24, 2.45) is 0 Å². The van der Waals surface area contributed by atoms with Crippen LogP contribution in [0.2, 0.25) is 0 Å². The second kappa shape index (κ2) is 5.25. The van der Waals surface area contributed by atoms with Crippen LogP contribution in [0.5, 0.6) is 5.75 Å². The Kier molecular flexibility index (Phi) is 3.82. The predicted octanol–water partition coefficient (Wildman–Crippen LogP) is 3.71. The Morgan fingerprint density at radius 2 is 1.60 bits per heavy atom. The van der Waals surface area contributed by atoms with E-state index in [0.717, 1.165) is 16.7 Å². The van der Waals surface area contributed by atoms with Crippen LogP contribution in [0.1, 0.15) is 29.2 Å². The molecule has 0 aliphatic rings. The molecule has 1 N–H and O–H groups in total. The first-order valence-corrected chi connectivity index (χ1v) is 6.50. The van der Waals surface area contributed by atoms with E-state index in [4.69, 9.17) is 4.74 Å². The normalized spacial score (nSPS) is 13.9. The Bertz CT molecular complexity index is 633. The van der Waals surface area contributed by atoms with Gasteiger partial charge in [-0.3, -0.25) is 0 Å². The van der Waals surface area contributed by atoms with Crippen LogP contribution in [0.4, 0.5) is 4.39 Å². The zero-order valence-electron chi connectivity index (χ0n) is 12.2. The van der Waals surface area contributed by atoms with Crippen molar-refractivity contribution in [3.8, 4) is 5.75 Å². The smallest absolute Gasteiger partial charge is 0.165 e. The van der Waals surface area contributed by atoms with Crippen molar-refractivity contribution in [1.82, 2.24) is 0 Å². The largest absolute Gasteiger partial charge is 0.494 e. The summed E-state index contributed by atoms with van der Waals surface area (Å²) in [5.74, 6) is -0.307. The Labute approximate surface area is 118 Å². The highest BCUT2D eigenvalue weighted by Crippen LogP contribution is 2.32. The average molecular weight is 274 g/mol. The van der Waals surface area contributed by atoms with Gasteiger partial charge in [-0.1, -0.05) is 24.3 Å². The highest BCUT2D eigenvalue weighted by Gasteiger charge is 2.27. The first-order chi connectivity index (χ1) is 9.36. The molecule has 0 amide bonds. The van der Waals surface area contributed by atoms with Crippen molar-refractivity contribution in [2.45, 2.75) is 26.4 Å². The zero-order chi connectivity index (χ0) is 14.9. The fraction of sp³-hybridized carbons (Fsp3) is 0.294. The summed E-state index contributed by atoms with van der Waals surface area (Å²) in [5.41, 5.74) is 2.25. The van der Waals surface area contributed by atoms with Crippen molar-refractivity contribution >= 4 is 0 Å². The molecule has 2 rings (SSSR count). The van der Waals surface area contributed by atoms with Gasteiger partial charge in [-0.2, -0.15) is 0 Å². The third kappa shape index (κ3) is 2.54. The van der Waals surface area contributed by atoms with E-state index in [1.54, 1.807) is 13.0 Å². The van der Waals surface area contributed by atoms with Crippen molar-refractivity contribution in [1.29, 1.82) is 0 Å². The molecule has 0 radical (unpaired) electrons. The van der Waals surface area contributed by atoms with Gasteiger partial charge in [0.2, 0.25) is 0 Å². The van der Waals surface area contributed by atoms with Gasteiger partial charge in [-0.25, -0.2) is 4.39 Å². The summed E-state index contributed by atoms with van der Waals surface area (Å²) in [6, 6.07) is 10.3. The first kappa shape index (κ1) is 14.5. The van der Waals surface area contributed by atoms with Gasteiger partial charge in [0.15, 0.2) is 11.6 Å². The van der Waals surface area contributed by atoms with Gasteiger partial charge in [-0.05, 0) is 55.2 Å². The van der Waals surface area contributed by atoms with Crippen LogP contribution in [0.3, 0.4) is 0 Å². The summed E-state index contributed by atoms with van der Waals surface area (Å²) in [6.45, 7) is 5.67. The number of benzene rings is 2. The minimum absolute atomic E-state index is 0.171. The van der Waals surface area contributed by atoms with Gasteiger partial charge in [0.1, 0.15) is 5.60 Å². The minimum atomic E-state index is -1.24. The van der Waals surface area contributed by atoms with Gasteiger partial charge in [0.25, 0.3) is 0 Å². The minimum Gasteiger partial charge on any atom is -0.494 e. The van der Waals surface area contributed by atoms with Crippen molar-refractivity contribution in [3.63, 3.8) is 0 Å². The van der Waals surface area contributed by atoms with E-state index in [0.29, 0.717) is 5.56 Å². The lowest BCUT2D eigenvalue weighted by molar-refractivity contribution is 0.102. The first-order valence-electron chi connectivity index (χ1n) is 6.50. The third-order valence-electron chi connectivity index (χ3n) is 3.78. The van der Waals surface area contributed by atoms with E-state index in [-0.39, 0.29) is 5.75 Å². The van der Waals surface area contributed by atoms with Crippen molar-refractivity contribution in [2.75, 3.05) is 7.11 Å². The highest BCUT2D eigenvalue weighted by atomic mass is 19.1. The molecule has 0 aliphatic heterocycles. The monoisotopic (exact) mass is 274 g/mol. The number of aliphatic hydroxyl groups is 1. The molecule has 0 fully saturated rings. The number of rotatable bonds is 3. The summed E-state index contributed by atoms with van der Waals surface area (Å²) in [6.07, 6.45) is 0. The number of halogens is 1. The van der Waals surface area contributed by atoms with E-state index in [2.05, 4.69) is 0 Å². The molecule has 0 heterocycles. The molecule has 0 bridgehead atoms. The highest BCUT2D eigenvalue weighted by molar-refractivity contribution is 5.41. The molecule has 0 saturated carbocycles. The van der Waals surface area contributed by atoms with Gasteiger partial charge in [0.05, 0.1) is 7.11 Å². The average Bonchev–Trinajstić information content (AvgIpc) is 2.41. The number of aryl methyl sites for hydroxylation is 2. The summed E-state index contributed by atoms with van der Waals surface area (Å²) >= 11 is 0. The molecule has 1 atom stereocenters. The lowest BCUT2D eigenvalue weighted by Crippen LogP contribution is -2.23. The fourth-order valence-electron chi connectivity index (χ4n) is 2.18. The predicted molar refractivity (Wildman–Crippen MR) is 77.5 cm³/mol. The van der Waals surface area contributed by atoms with Crippen LogP contribution in [0.25, 0.3) is 0 Å². The fourth-order valence-corrected chi connectivity index (χ4v) is 2.18. The van der Waals surface area contributed by atoms with Crippen molar-refractivity contribution < 1.29 is 14.2 Å². The van der Waals surface area contributed by atoms with E-state index in [1.807, 2.05) is 32.0 Å². The van der Waals surface area contributed by atoms with Crippen LogP contribution in [-0.2, 0) is 5.60 Å². The van der Waals surface area contributed by atoms with E-state index < -0.39 is 11.4 Å². The van der Waals surface area contributed by atoms with E-state index >= 15 is 0 Å². The molecule has 2 nitrogen and oxygen atoms in total. The second-order valence-electron chi connectivity index (χ2n) is 5.22. The van der Waals surface area contributed by atoms with E-state index in [9.17, 15) is 9.50 Å². The molecule has 0 spiro atoms. The quantitative estimate of drug-likeness (QED) is 0.924. The number of ether oxygens (including phenoxy) is 1. The molecule has 0 aliphatic carbocycles. The lowest BCUT2D eigenvalue weighted by Gasteiger charge is -2.25. The Balaban J connectivity index is 2.48. The van der Waals surface area contributed by atoms with E-state index in [1.165, 1.54) is 19.2 Å². The maximum absolute atomic E-state index is 13.8. The maximum atomic E-state index is 13.8. The summed E-state index contributed by atoms with van der Waals surface area (Å²) in [5, 5.41) is 10.8. The van der Waals surface area contributed by atoms with Gasteiger partial charge < -0.3 is 9.84 Å². The molecule has 0 aromatic heterocycles. The molecule has 106 valence electrons. The summed E-state index contributed by atoms with van der Waals surface area (Å²) in [7, 11) is 1.42. The van der Waals surface area contributed by atoms with Crippen LogP contribution in [-0.4, -0.2) is 12.2 Å². The molecule has 3 heteroatoms. The Morgan fingerprint density at radius 3 is 2.15 bits per heavy atom. The lowest BCUT2D eigenvalue weighted by atomic mass is 9.86. The third-order valence-corrected chi connectivity index (χ3v) is 3.78. The van der Waals surface area contributed by atoms with Crippen LogP contribution in [0, 0.1) is 19.7 Å². The topological polar surface area (TPSA) is 29.5 Å². The maximum Gasteiger partial charge on any atom is 0.165 e. The van der Waals surface area contributed by atoms with Crippen LogP contribution in [0.15, 0.2) is 36.4 Å². The van der Waals surface area contributed by atoms with Crippen LogP contribution >= 0.6 is 0 Å². The number of hydrogen-bond acceptors (Lipinski definition) is 2. The van der Waals surface area contributed by atoms with Gasteiger partial charge in [-0.15, -0.1) is 0 Å². The molecule has 0 saturated heterocycles. The summed E-state index contributed by atoms with van der Waals surface area (Å²) in [4.78, 5) is 0. The Morgan fingerprint density at radius 1 is 1.00 bits per heavy atom. The number of hydrogen-bond donors (Lipinski definition) is 1. The SMILES string of the molecule is COc1ccc(C(C)(O)c2ccc(C)c(C)c2)cc1F. The number of methoxy groups -OCH3 is 1. The molecule has 20 heavy (non-hydrogen) atoms. The molecule has 2 aromatic rings. The molecular formula is C17H19FO2. The van der Waals surface area contributed by atoms with Crippen LogP contribution < -0.4 is 4.74 Å². The van der Waals surface area contributed by atoms with Gasteiger partial charge in [0, 0.05) is 0 Å². The standard InChI is InChI=1S/C17H19FO2/c1-11-5-6-13(9-12(11)2)17(3,19)14-7-8-16(20-4)15(18)10-14/h5-10,19H,1-4H3. The van der Waals surface area contributed by atoms with Crippen molar-refractivity contribution in [3.05, 3.63) is 64.5 Å². The molecular weight excluding hydrogens is 255 g/mol. The Hall–Kier alpha value is -1.87. The molecule has 2 aromatic carbocycles.